The molecule has 2 aromatic heterocycles. The number of hydrogen-bond acceptors (Lipinski definition) is 6. The van der Waals surface area contributed by atoms with Crippen LogP contribution in [0.25, 0.3) is 16.7 Å². The van der Waals surface area contributed by atoms with Gasteiger partial charge >= 0.3 is 5.97 Å². The summed E-state index contributed by atoms with van der Waals surface area (Å²) in [5.41, 5.74) is 1.97. The summed E-state index contributed by atoms with van der Waals surface area (Å²) < 4.78 is 7.28. The molecule has 2 heterocycles. The maximum Gasteiger partial charge on any atom is 0.306 e. The van der Waals surface area contributed by atoms with Crippen molar-refractivity contribution < 1.29 is 9.53 Å². The molecule has 0 amide bonds. The molecule has 3 aromatic rings. The highest BCUT2D eigenvalue weighted by atomic mass is 35.5. The minimum atomic E-state index is -0.424. The van der Waals surface area contributed by atoms with E-state index in [2.05, 4.69) is 20.5 Å². The predicted molar refractivity (Wildman–Crippen MR) is 111 cm³/mol. The van der Waals surface area contributed by atoms with Crippen LogP contribution in [0.5, 0.6) is 0 Å². The Bertz CT molecular complexity index is 994. The molecule has 3 rings (SSSR count). The molecule has 0 unspecified atom stereocenters. The Labute approximate surface area is 169 Å². The van der Waals surface area contributed by atoms with E-state index in [9.17, 15) is 4.79 Å². The van der Waals surface area contributed by atoms with Gasteiger partial charge in [0.05, 0.1) is 11.0 Å². The van der Waals surface area contributed by atoms with Gasteiger partial charge in [0.1, 0.15) is 11.4 Å². The van der Waals surface area contributed by atoms with Gasteiger partial charge in [-0.05, 0) is 58.7 Å². The minimum Gasteiger partial charge on any atom is -0.460 e. The number of aromatic nitrogens is 4. The van der Waals surface area contributed by atoms with Crippen molar-refractivity contribution in [2.24, 2.45) is 0 Å². The van der Waals surface area contributed by atoms with E-state index in [1.165, 1.54) is 0 Å². The van der Waals surface area contributed by atoms with E-state index in [1.54, 1.807) is 0 Å². The molecule has 0 aliphatic carbocycles. The van der Waals surface area contributed by atoms with Gasteiger partial charge in [0, 0.05) is 18.0 Å². The third kappa shape index (κ3) is 4.90. The maximum atomic E-state index is 11.7. The summed E-state index contributed by atoms with van der Waals surface area (Å²) in [5, 5.41) is 12.4. The number of carbonyl (C=O) groups excluding carboxylic acids is 1. The molecule has 7 nitrogen and oxygen atoms in total. The standard InChI is InChI=1S/C20H26ClN5O2/c1-13-24-25-19-18(23-15-10-9-14(21)12-16(15)26(13)19)22-11-7-5-6-8-17(27)28-20(2,3)4/h9-10,12H,5-8,11H2,1-4H3,(H,22,23). The van der Waals surface area contributed by atoms with Crippen molar-refractivity contribution in [3.63, 3.8) is 0 Å². The van der Waals surface area contributed by atoms with E-state index in [0.29, 0.717) is 22.9 Å². The van der Waals surface area contributed by atoms with E-state index in [4.69, 9.17) is 16.3 Å². The van der Waals surface area contributed by atoms with Gasteiger partial charge in [-0.3, -0.25) is 9.20 Å². The molecule has 8 heteroatoms. The van der Waals surface area contributed by atoms with E-state index in [0.717, 1.165) is 42.7 Å². The number of rotatable bonds is 7. The Morgan fingerprint density at radius 1 is 1.21 bits per heavy atom. The van der Waals surface area contributed by atoms with Crippen LogP contribution in [0.15, 0.2) is 18.2 Å². The Hall–Kier alpha value is -2.41. The molecule has 0 aliphatic heterocycles. The fourth-order valence-corrected chi connectivity index (χ4v) is 3.20. The number of fused-ring (bicyclic) bond motifs is 3. The van der Waals surface area contributed by atoms with Crippen molar-refractivity contribution in [1.29, 1.82) is 0 Å². The second-order valence-corrected chi connectivity index (χ2v) is 8.26. The largest absolute Gasteiger partial charge is 0.460 e. The Balaban J connectivity index is 1.59. The van der Waals surface area contributed by atoms with Crippen LogP contribution < -0.4 is 5.32 Å². The molecule has 0 spiro atoms. The highest BCUT2D eigenvalue weighted by Gasteiger charge is 2.16. The van der Waals surface area contributed by atoms with Crippen molar-refractivity contribution in [3.05, 3.63) is 29.0 Å². The molecule has 0 saturated carbocycles. The van der Waals surface area contributed by atoms with Crippen LogP contribution >= 0.6 is 11.6 Å². The van der Waals surface area contributed by atoms with Crippen LogP contribution in [-0.4, -0.2) is 37.7 Å². The first-order valence-electron chi connectivity index (χ1n) is 9.51. The molecule has 150 valence electrons. The summed E-state index contributed by atoms with van der Waals surface area (Å²) in [6.45, 7) is 8.29. The monoisotopic (exact) mass is 403 g/mol. The van der Waals surface area contributed by atoms with Crippen LogP contribution in [0.3, 0.4) is 0 Å². The molecule has 0 aliphatic rings. The van der Waals surface area contributed by atoms with Gasteiger partial charge in [-0.25, -0.2) is 4.98 Å². The zero-order valence-corrected chi connectivity index (χ0v) is 17.5. The number of halogens is 1. The smallest absolute Gasteiger partial charge is 0.306 e. The number of ether oxygens (including phenoxy) is 1. The zero-order chi connectivity index (χ0) is 20.3. The summed E-state index contributed by atoms with van der Waals surface area (Å²) in [4.78, 5) is 16.4. The highest BCUT2D eigenvalue weighted by molar-refractivity contribution is 6.31. The molecule has 1 aromatic carbocycles. The van der Waals surface area contributed by atoms with Crippen LogP contribution in [0.1, 0.15) is 52.3 Å². The lowest BCUT2D eigenvalue weighted by molar-refractivity contribution is -0.154. The molecule has 0 fully saturated rings. The zero-order valence-electron chi connectivity index (χ0n) is 16.8. The van der Waals surface area contributed by atoms with Crippen LogP contribution in [-0.2, 0) is 9.53 Å². The third-order valence-corrected chi connectivity index (χ3v) is 4.45. The summed E-state index contributed by atoms with van der Waals surface area (Å²) in [6.07, 6.45) is 3.10. The van der Waals surface area contributed by atoms with Crippen molar-refractivity contribution in [1.82, 2.24) is 19.6 Å². The molecular formula is C20H26ClN5O2. The lowest BCUT2D eigenvalue weighted by Gasteiger charge is -2.19. The van der Waals surface area contributed by atoms with E-state index in [-0.39, 0.29) is 5.97 Å². The average molecular weight is 404 g/mol. The number of carbonyl (C=O) groups is 1. The number of nitrogens with one attached hydrogen (secondary N) is 1. The molecule has 1 N–H and O–H groups in total. The van der Waals surface area contributed by atoms with Crippen LogP contribution in [0.2, 0.25) is 5.02 Å². The first kappa shape index (κ1) is 20.3. The molecule has 0 saturated heterocycles. The van der Waals surface area contributed by atoms with Crippen molar-refractivity contribution in [3.8, 4) is 0 Å². The number of esters is 1. The lowest BCUT2D eigenvalue weighted by atomic mass is 10.1. The van der Waals surface area contributed by atoms with Gasteiger partial charge in [0.15, 0.2) is 5.82 Å². The Morgan fingerprint density at radius 2 is 2.00 bits per heavy atom. The predicted octanol–water partition coefficient (Wildman–Crippen LogP) is 4.55. The highest BCUT2D eigenvalue weighted by Crippen LogP contribution is 2.24. The Kier molecular flexibility index (Phi) is 6.03. The van der Waals surface area contributed by atoms with Crippen LogP contribution in [0.4, 0.5) is 5.82 Å². The minimum absolute atomic E-state index is 0.143. The van der Waals surface area contributed by atoms with E-state index in [1.807, 2.05) is 50.3 Å². The SMILES string of the molecule is Cc1nnc2c(NCCCCCC(=O)OC(C)(C)C)nc3ccc(Cl)cc3n12. The lowest BCUT2D eigenvalue weighted by Crippen LogP contribution is -2.23. The van der Waals surface area contributed by atoms with Crippen molar-refractivity contribution >= 4 is 40.1 Å². The first-order chi connectivity index (χ1) is 13.2. The third-order valence-electron chi connectivity index (χ3n) is 4.22. The number of anilines is 1. The molecule has 0 atom stereocenters. The van der Waals surface area contributed by atoms with Crippen molar-refractivity contribution in [2.45, 2.75) is 59.0 Å². The topological polar surface area (TPSA) is 81.4 Å². The molecule has 0 bridgehead atoms. The molecular weight excluding hydrogens is 378 g/mol. The molecule has 0 radical (unpaired) electrons. The summed E-state index contributed by atoms with van der Waals surface area (Å²) in [5.74, 6) is 1.34. The maximum absolute atomic E-state index is 11.7. The summed E-state index contributed by atoms with van der Waals surface area (Å²) in [6, 6.07) is 5.58. The number of hydrogen-bond donors (Lipinski definition) is 1. The fraction of sp³-hybridized carbons (Fsp3) is 0.500. The molecule has 28 heavy (non-hydrogen) atoms. The Morgan fingerprint density at radius 3 is 2.75 bits per heavy atom. The van der Waals surface area contributed by atoms with Gasteiger partial charge in [-0.1, -0.05) is 18.0 Å². The first-order valence-corrected chi connectivity index (χ1v) is 9.89. The summed E-state index contributed by atoms with van der Waals surface area (Å²) >= 11 is 6.14. The fourth-order valence-electron chi connectivity index (χ4n) is 3.03. The number of unbranched alkanes of at least 4 members (excludes halogenated alkanes) is 2. The number of benzene rings is 1. The average Bonchev–Trinajstić information content (AvgIpc) is 2.99. The second kappa shape index (κ2) is 8.31. The van der Waals surface area contributed by atoms with Gasteiger partial charge < -0.3 is 10.1 Å². The van der Waals surface area contributed by atoms with Gasteiger partial charge in [-0.2, -0.15) is 0 Å². The number of aryl methyl sites for hydroxylation is 1. The van der Waals surface area contributed by atoms with E-state index >= 15 is 0 Å². The van der Waals surface area contributed by atoms with Gasteiger partial charge in [0.2, 0.25) is 5.65 Å². The van der Waals surface area contributed by atoms with E-state index < -0.39 is 5.60 Å². The van der Waals surface area contributed by atoms with Gasteiger partial charge in [-0.15, -0.1) is 10.2 Å². The van der Waals surface area contributed by atoms with Crippen molar-refractivity contribution in [2.75, 3.05) is 11.9 Å². The summed E-state index contributed by atoms with van der Waals surface area (Å²) in [7, 11) is 0. The van der Waals surface area contributed by atoms with Crippen LogP contribution in [0, 0.1) is 6.92 Å². The van der Waals surface area contributed by atoms with Gasteiger partial charge in [0.25, 0.3) is 0 Å². The second-order valence-electron chi connectivity index (χ2n) is 7.82. The quantitative estimate of drug-likeness (QED) is 0.460. The number of nitrogens with zero attached hydrogens (tertiary/aromatic N) is 4. The normalized spacial score (nSPS) is 11.9.